The minimum absolute atomic E-state index is 0.255. The molecule has 128 valence electrons. The van der Waals surface area contributed by atoms with Crippen LogP contribution in [0.1, 0.15) is 24.1 Å². The van der Waals surface area contributed by atoms with Gasteiger partial charge < -0.3 is 4.74 Å². The quantitative estimate of drug-likeness (QED) is 0.808. The van der Waals surface area contributed by atoms with E-state index in [9.17, 15) is 0 Å². The van der Waals surface area contributed by atoms with Gasteiger partial charge >= 0.3 is 0 Å². The number of likely N-dealkylation sites (tertiary alicyclic amines) is 1. The zero-order chi connectivity index (χ0) is 16.9. The van der Waals surface area contributed by atoms with E-state index >= 15 is 0 Å². The molecular formula is C21H28N2O. The van der Waals surface area contributed by atoms with E-state index in [1.807, 2.05) is 7.11 Å². The van der Waals surface area contributed by atoms with Crippen LogP contribution in [-0.2, 0) is 11.3 Å². The lowest BCUT2D eigenvalue weighted by molar-refractivity contribution is 0.0394. The second kappa shape index (κ2) is 7.93. The molecule has 0 radical (unpaired) electrons. The summed E-state index contributed by atoms with van der Waals surface area (Å²) >= 11 is 0. The molecule has 1 aliphatic rings. The van der Waals surface area contributed by atoms with E-state index < -0.39 is 0 Å². The highest BCUT2D eigenvalue weighted by molar-refractivity contribution is 5.19. The maximum atomic E-state index is 5.82. The summed E-state index contributed by atoms with van der Waals surface area (Å²) in [6.07, 6.45) is 0.255. The maximum absolute atomic E-state index is 5.82. The first-order valence-corrected chi connectivity index (χ1v) is 8.75. The predicted molar refractivity (Wildman–Crippen MR) is 98.9 cm³/mol. The SMILES string of the molecule is CO[C@@H]1CN(Cc2ccccc2)C[C@@H]1N(C)[C@@H](C)c1ccccc1. The van der Waals surface area contributed by atoms with E-state index in [1.165, 1.54) is 11.1 Å². The molecule has 0 saturated carbocycles. The molecular weight excluding hydrogens is 296 g/mol. The van der Waals surface area contributed by atoms with Gasteiger partial charge in [0.15, 0.2) is 0 Å². The largest absolute Gasteiger partial charge is 0.378 e. The van der Waals surface area contributed by atoms with Gasteiger partial charge in [-0.05, 0) is 25.1 Å². The lowest BCUT2D eigenvalue weighted by Gasteiger charge is -2.33. The first-order valence-electron chi connectivity index (χ1n) is 8.75. The summed E-state index contributed by atoms with van der Waals surface area (Å²) in [6.45, 7) is 5.30. The van der Waals surface area contributed by atoms with E-state index in [2.05, 4.69) is 84.4 Å². The molecule has 0 amide bonds. The first kappa shape index (κ1) is 17.2. The zero-order valence-corrected chi connectivity index (χ0v) is 14.9. The molecule has 0 aliphatic carbocycles. The summed E-state index contributed by atoms with van der Waals surface area (Å²) < 4.78 is 5.82. The number of methoxy groups -OCH3 is 1. The smallest absolute Gasteiger partial charge is 0.0865 e. The van der Waals surface area contributed by atoms with Crippen LogP contribution in [0.15, 0.2) is 60.7 Å². The highest BCUT2D eigenvalue weighted by Crippen LogP contribution is 2.27. The molecule has 0 N–H and O–H groups in total. The van der Waals surface area contributed by atoms with E-state index in [0.717, 1.165) is 19.6 Å². The molecule has 0 spiro atoms. The second-order valence-electron chi connectivity index (χ2n) is 6.77. The highest BCUT2D eigenvalue weighted by Gasteiger charge is 2.37. The fourth-order valence-corrected chi connectivity index (χ4v) is 3.68. The number of nitrogens with zero attached hydrogens (tertiary/aromatic N) is 2. The lowest BCUT2D eigenvalue weighted by Crippen LogP contribution is -2.42. The van der Waals surface area contributed by atoms with Crippen molar-refractivity contribution in [2.75, 3.05) is 27.2 Å². The maximum Gasteiger partial charge on any atom is 0.0865 e. The van der Waals surface area contributed by atoms with E-state index in [0.29, 0.717) is 12.1 Å². The van der Waals surface area contributed by atoms with Crippen LogP contribution in [0.5, 0.6) is 0 Å². The van der Waals surface area contributed by atoms with Crippen molar-refractivity contribution in [1.82, 2.24) is 9.80 Å². The van der Waals surface area contributed by atoms with Crippen molar-refractivity contribution < 1.29 is 4.74 Å². The van der Waals surface area contributed by atoms with Crippen LogP contribution in [0, 0.1) is 0 Å². The van der Waals surface area contributed by atoms with Crippen LogP contribution < -0.4 is 0 Å². The Morgan fingerprint density at radius 1 is 1.04 bits per heavy atom. The number of rotatable bonds is 6. The van der Waals surface area contributed by atoms with Gasteiger partial charge in [0, 0.05) is 32.8 Å². The number of likely N-dealkylation sites (N-methyl/N-ethyl adjacent to an activating group) is 1. The Morgan fingerprint density at radius 2 is 1.67 bits per heavy atom. The molecule has 0 bridgehead atoms. The van der Waals surface area contributed by atoms with Gasteiger partial charge in [-0.25, -0.2) is 0 Å². The van der Waals surface area contributed by atoms with E-state index in [4.69, 9.17) is 4.74 Å². The molecule has 0 unspecified atom stereocenters. The summed E-state index contributed by atoms with van der Waals surface area (Å²) in [5.74, 6) is 0. The molecule has 2 aromatic carbocycles. The van der Waals surface area contributed by atoms with Gasteiger partial charge in [-0.15, -0.1) is 0 Å². The standard InChI is InChI=1S/C21H28N2O/c1-17(19-12-8-5-9-13-19)22(2)20-15-23(16-21(20)24-3)14-18-10-6-4-7-11-18/h4-13,17,20-21H,14-16H2,1-3H3/t17-,20-,21+/m0/s1. The number of benzene rings is 2. The van der Waals surface area contributed by atoms with Gasteiger partial charge in [-0.1, -0.05) is 60.7 Å². The summed E-state index contributed by atoms with van der Waals surface area (Å²) in [4.78, 5) is 4.97. The summed E-state index contributed by atoms with van der Waals surface area (Å²) in [5.41, 5.74) is 2.73. The second-order valence-corrected chi connectivity index (χ2v) is 6.77. The number of hydrogen-bond donors (Lipinski definition) is 0. The van der Waals surface area contributed by atoms with Crippen LogP contribution in [0.3, 0.4) is 0 Å². The molecule has 3 rings (SSSR count). The van der Waals surface area contributed by atoms with Crippen molar-refractivity contribution in [3.05, 3.63) is 71.8 Å². The fraction of sp³-hybridized carbons (Fsp3) is 0.429. The summed E-state index contributed by atoms with van der Waals surface area (Å²) in [7, 11) is 4.06. The predicted octanol–water partition coefficient (Wildman–Crippen LogP) is 3.58. The average Bonchev–Trinajstić information content (AvgIpc) is 3.05. The molecule has 0 aromatic heterocycles. The van der Waals surface area contributed by atoms with Crippen molar-refractivity contribution >= 4 is 0 Å². The van der Waals surface area contributed by atoms with Crippen molar-refractivity contribution in [2.45, 2.75) is 31.7 Å². The summed E-state index contributed by atoms with van der Waals surface area (Å²) in [5, 5.41) is 0. The molecule has 1 fully saturated rings. The summed E-state index contributed by atoms with van der Waals surface area (Å²) in [6, 6.07) is 22.2. The Labute approximate surface area is 145 Å². The van der Waals surface area contributed by atoms with E-state index in [1.54, 1.807) is 0 Å². The zero-order valence-electron chi connectivity index (χ0n) is 14.9. The van der Waals surface area contributed by atoms with Crippen molar-refractivity contribution in [1.29, 1.82) is 0 Å². The average molecular weight is 324 g/mol. The molecule has 1 heterocycles. The third-order valence-corrected chi connectivity index (χ3v) is 5.28. The molecule has 1 aliphatic heterocycles. The van der Waals surface area contributed by atoms with Crippen molar-refractivity contribution in [3.8, 4) is 0 Å². The molecule has 3 nitrogen and oxygen atoms in total. The van der Waals surface area contributed by atoms with Gasteiger partial charge in [0.2, 0.25) is 0 Å². The molecule has 1 saturated heterocycles. The minimum atomic E-state index is 0.255. The molecule has 3 heteroatoms. The van der Waals surface area contributed by atoms with Gasteiger partial charge in [0.05, 0.1) is 12.1 Å². The van der Waals surface area contributed by atoms with Crippen LogP contribution in [0.2, 0.25) is 0 Å². The van der Waals surface area contributed by atoms with Crippen LogP contribution >= 0.6 is 0 Å². The molecule has 3 atom stereocenters. The normalized spacial score (nSPS) is 22.8. The number of hydrogen-bond acceptors (Lipinski definition) is 3. The van der Waals surface area contributed by atoms with Gasteiger partial charge in [-0.2, -0.15) is 0 Å². The van der Waals surface area contributed by atoms with Crippen molar-refractivity contribution in [2.24, 2.45) is 0 Å². The van der Waals surface area contributed by atoms with Gasteiger partial charge in [0.1, 0.15) is 0 Å². The molecule has 2 aromatic rings. The highest BCUT2D eigenvalue weighted by atomic mass is 16.5. The fourth-order valence-electron chi connectivity index (χ4n) is 3.68. The number of ether oxygens (including phenoxy) is 1. The van der Waals surface area contributed by atoms with Gasteiger partial charge in [0.25, 0.3) is 0 Å². The first-order chi connectivity index (χ1) is 11.7. The Hall–Kier alpha value is -1.68. The Bertz CT molecular complexity index is 616. The van der Waals surface area contributed by atoms with Crippen molar-refractivity contribution in [3.63, 3.8) is 0 Å². The molecule has 24 heavy (non-hydrogen) atoms. The van der Waals surface area contributed by atoms with E-state index in [-0.39, 0.29) is 6.10 Å². The lowest BCUT2D eigenvalue weighted by atomic mass is 10.0. The monoisotopic (exact) mass is 324 g/mol. The Balaban J connectivity index is 1.68. The minimum Gasteiger partial charge on any atom is -0.378 e. The Kier molecular flexibility index (Phi) is 5.67. The topological polar surface area (TPSA) is 15.7 Å². The van der Waals surface area contributed by atoms with Crippen LogP contribution in [0.4, 0.5) is 0 Å². The third-order valence-electron chi connectivity index (χ3n) is 5.28. The van der Waals surface area contributed by atoms with Gasteiger partial charge in [-0.3, -0.25) is 9.80 Å². The van der Waals surface area contributed by atoms with Crippen LogP contribution in [-0.4, -0.2) is 49.2 Å². The third kappa shape index (κ3) is 3.86. The Morgan fingerprint density at radius 3 is 2.29 bits per heavy atom. The van der Waals surface area contributed by atoms with Crippen LogP contribution in [0.25, 0.3) is 0 Å².